The molecular formula is C13H21NO3S. The summed E-state index contributed by atoms with van der Waals surface area (Å²) in [5.74, 6) is 1.18. The van der Waals surface area contributed by atoms with E-state index in [9.17, 15) is 8.42 Å². The summed E-state index contributed by atoms with van der Waals surface area (Å²) in [6.45, 7) is 4.14. The van der Waals surface area contributed by atoms with Crippen molar-refractivity contribution in [3.63, 3.8) is 0 Å². The second-order valence-corrected chi connectivity index (χ2v) is 6.66. The molecule has 0 saturated heterocycles. The lowest BCUT2D eigenvalue weighted by Gasteiger charge is -2.15. The number of benzene rings is 1. The minimum Gasteiger partial charge on any atom is -0.497 e. The first-order valence-electron chi connectivity index (χ1n) is 6.06. The van der Waals surface area contributed by atoms with Crippen molar-refractivity contribution in [3.05, 3.63) is 29.8 Å². The molecule has 0 saturated carbocycles. The number of rotatable bonds is 7. The van der Waals surface area contributed by atoms with Crippen LogP contribution in [0.2, 0.25) is 0 Å². The molecule has 1 atom stereocenters. The van der Waals surface area contributed by atoms with E-state index in [1.165, 1.54) is 0 Å². The van der Waals surface area contributed by atoms with E-state index in [1.54, 1.807) is 14.0 Å². The van der Waals surface area contributed by atoms with Crippen LogP contribution in [-0.2, 0) is 9.84 Å². The zero-order chi connectivity index (χ0) is 13.6. The van der Waals surface area contributed by atoms with Gasteiger partial charge >= 0.3 is 0 Å². The van der Waals surface area contributed by atoms with E-state index in [2.05, 4.69) is 5.32 Å². The zero-order valence-corrected chi connectivity index (χ0v) is 12.0. The molecule has 1 N–H and O–H groups in total. The van der Waals surface area contributed by atoms with Crippen molar-refractivity contribution in [1.82, 2.24) is 5.32 Å². The van der Waals surface area contributed by atoms with Crippen LogP contribution in [0.5, 0.6) is 5.75 Å². The maximum atomic E-state index is 11.4. The molecule has 5 heteroatoms. The van der Waals surface area contributed by atoms with Crippen molar-refractivity contribution in [1.29, 1.82) is 0 Å². The van der Waals surface area contributed by atoms with E-state index in [-0.39, 0.29) is 17.5 Å². The molecule has 0 bridgehead atoms. The Kier molecular flexibility index (Phi) is 5.62. The molecule has 1 rings (SSSR count). The molecule has 0 aromatic heterocycles. The third-order valence-corrected chi connectivity index (χ3v) is 4.60. The average molecular weight is 271 g/mol. The summed E-state index contributed by atoms with van der Waals surface area (Å²) in [4.78, 5) is 0. The van der Waals surface area contributed by atoms with Gasteiger partial charge in [-0.25, -0.2) is 8.42 Å². The molecule has 1 aromatic rings. The molecule has 0 radical (unpaired) electrons. The lowest BCUT2D eigenvalue weighted by Crippen LogP contribution is -2.26. The minimum atomic E-state index is -2.90. The predicted octanol–water partition coefficient (Wildman–Crippen LogP) is 1.78. The van der Waals surface area contributed by atoms with Gasteiger partial charge in [0.2, 0.25) is 0 Å². The molecule has 1 aromatic carbocycles. The highest BCUT2D eigenvalue weighted by Gasteiger charge is 2.09. The van der Waals surface area contributed by atoms with E-state index in [0.717, 1.165) is 11.3 Å². The van der Waals surface area contributed by atoms with Crippen molar-refractivity contribution < 1.29 is 13.2 Å². The summed E-state index contributed by atoms with van der Waals surface area (Å²) in [5.41, 5.74) is 1.09. The summed E-state index contributed by atoms with van der Waals surface area (Å²) in [5, 5.41) is 3.21. The molecule has 0 unspecified atom stereocenters. The highest BCUT2D eigenvalue weighted by molar-refractivity contribution is 7.91. The highest BCUT2D eigenvalue weighted by Crippen LogP contribution is 2.18. The van der Waals surface area contributed by atoms with Crippen LogP contribution in [-0.4, -0.2) is 33.6 Å². The molecule has 0 aliphatic carbocycles. The number of hydrogen-bond donors (Lipinski definition) is 1. The van der Waals surface area contributed by atoms with Crippen molar-refractivity contribution in [2.75, 3.05) is 25.2 Å². The van der Waals surface area contributed by atoms with Gasteiger partial charge in [0.1, 0.15) is 5.75 Å². The molecule has 0 heterocycles. The standard InChI is InChI=1S/C13H21NO3S/c1-4-18(15,16)9-8-14-11(2)12-6-5-7-13(10-12)17-3/h5-7,10-11,14H,4,8-9H2,1-3H3/t11-/m1/s1. The zero-order valence-electron chi connectivity index (χ0n) is 11.1. The minimum absolute atomic E-state index is 0.104. The molecule has 4 nitrogen and oxygen atoms in total. The summed E-state index contributed by atoms with van der Waals surface area (Å²) in [7, 11) is -1.27. The van der Waals surface area contributed by atoms with Crippen LogP contribution in [0.4, 0.5) is 0 Å². The van der Waals surface area contributed by atoms with Gasteiger partial charge in [-0.3, -0.25) is 0 Å². The molecule has 0 aliphatic heterocycles. The van der Waals surface area contributed by atoms with E-state index in [0.29, 0.717) is 6.54 Å². The third-order valence-electron chi connectivity index (χ3n) is 2.90. The number of methoxy groups -OCH3 is 1. The van der Waals surface area contributed by atoms with E-state index in [4.69, 9.17) is 4.74 Å². The largest absolute Gasteiger partial charge is 0.497 e. The monoisotopic (exact) mass is 271 g/mol. The maximum Gasteiger partial charge on any atom is 0.151 e. The average Bonchev–Trinajstić information content (AvgIpc) is 2.38. The van der Waals surface area contributed by atoms with E-state index >= 15 is 0 Å². The fraction of sp³-hybridized carbons (Fsp3) is 0.538. The lowest BCUT2D eigenvalue weighted by atomic mass is 10.1. The number of hydrogen-bond acceptors (Lipinski definition) is 4. The van der Waals surface area contributed by atoms with Crippen LogP contribution in [0.3, 0.4) is 0 Å². The molecular weight excluding hydrogens is 250 g/mol. The first-order valence-corrected chi connectivity index (χ1v) is 7.88. The van der Waals surface area contributed by atoms with Gasteiger partial charge in [-0.05, 0) is 24.6 Å². The summed E-state index contributed by atoms with van der Waals surface area (Å²) < 4.78 is 27.9. The Bertz CT molecular complexity index is 471. The Morgan fingerprint density at radius 3 is 2.72 bits per heavy atom. The van der Waals surface area contributed by atoms with Gasteiger partial charge in [-0.15, -0.1) is 0 Å². The molecule has 0 aliphatic rings. The summed E-state index contributed by atoms with van der Waals surface area (Å²) in [6, 6.07) is 7.86. The van der Waals surface area contributed by atoms with Crippen molar-refractivity contribution in [2.24, 2.45) is 0 Å². The summed E-state index contributed by atoms with van der Waals surface area (Å²) >= 11 is 0. The van der Waals surface area contributed by atoms with Crippen LogP contribution in [0.15, 0.2) is 24.3 Å². The third kappa shape index (κ3) is 4.66. The Balaban J connectivity index is 2.52. The van der Waals surface area contributed by atoms with Gasteiger partial charge in [0.05, 0.1) is 12.9 Å². The molecule has 102 valence electrons. The van der Waals surface area contributed by atoms with Gasteiger partial charge in [-0.2, -0.15) is 0 Å². The van der Waals surface area contributed by atoms with Crippen LogP contribution < -0.4 is 10.1 Å². The number of nitrogens with one attached hydrogen (secondary N) is 1. The SMILES string of the molecule is CCS(=O)(=O)CCN[C@H](C)c1cccc(OC)c1. The molecule has 18 heavy (non-hydrogen) atoms. The fourth-order valence-corrected chi connectivity index (χ4v) is 2.32. The van der Waals surface area contributed by atoms with Crippen LogP contribution >= 0.6 is 0 Å². The van der Waals surface area contributed by atoms with Gasteiger partial charge in [0.15, 0.2) is 9.84 Å². The van der Waals surface area contributed by atoms with Gasteiger partial charge < -0.3 is 10.1 Å². The lowest BCUT2D eigenvalue weighted by molar-refractivity contribution is 0.413. The van der Waals surface area contributed by atoms with E-state index < -0.39 is 9.84 Å². The van der Waals surface area contributed by atoms with Crippen molar-refractivity contribution in [3.8, 4) is 5.75 Å². The van der Waals surface area contributed by atoms with Crippen molar-refractivity contribution in [2.45, 2.75) is 19.9 Å². The smallest absolute Gasteiger partial charge is 0.151 e. The van der Waals surface area contributed by atoms with Gasteiger partial charge in [-0.1, -0.05) is 19.1 Å². The highest BCUT2D eigenvalue weighted by atomic mass is 32.2. The Morgan fingerprint density at radius 1 is 1.39 bits per heavy atom. The first kappa shape index (κ1) is 15.0. The second kappa shape index (κ2) is 6.75. The quantitative estimate of drug-likeness (QED) is 0.821. The molecule has 0 fully saturated rings. The van der Waals surface area contributed by atoms with Crippen LogP contribution in [0, 0.1) is 0 Å². The summed E-state index contributed by atoms with van der Waals surface area (Å²) in [6.07, 6.45) is 0. The Labute approximate surface area is 109 Å². The number of sulfone groups is 1. The topological polar surface area (TPSA) is 55.4 Å². The predicted molar refractivity (Wildman–Crippen MR) is 73.7 cm³/mol. The normalized spacial score (nSPS) is 13.3. The van der Waals surface area contributed by atoms with E-state index in [1.807, 2.05) is 31.2 Å². The van der Waals surface area contributed by atoms with Crippen LogP contribution in [0.1, 0.15) is 25.5 Å². The van der Waals surface area contributed by atoms with Crippen molar-refractivity contribution >= 4 is 9.84 Å². The maximum absolute atomic E-state index is 11.4. The molecule has 0 amide bonds. The molecule has 0 spiro atoms. The first-order chi connectivity index (χ1) is 8.48. The Hall–Kier alpha value is -1.07. The second-order valence-electron chi connectivity index (χ2n) is 4.19. The Morgan fingerprint density at radius 2 is 2.11 bits per heavy atom. The van der Waals surface area contributed by atoms with Gasteiger partial charge in [0, 0.05) is 18.3 Å². The number of ether oxygens (including phenoxy) is 1. The van der Waals surface area contributed by atoms with Gasteiger partial charge in [0.25, 0.3) is 0 Å². The van der Waals surface area contributed by atoms with Crippen LogP contribution in [0.25, 0.3) is 0 Å². The fourth-order valence-electron chi connectivity index (χ4n) is 1.60.